The minimum atomic E-state index is -0.0457. The third-order valence-electron chi connectivity index (χ3n) is 4.39. The van der Waals surface area contributed by atoms with Crippen molar-refractivity contribution >= 4 is 23.1 Å². The van der Waals surface area contributed by atoms with Crippen LogP contribution in [0.4, 0.5) is 5.82 Å². The Labute approximate surface area is 145 Å². The van der Waals surface area contributed by atoms with E-state index in [2.05, 4.69) is 11.1 Å². The first kappa shape index (κ1) is 16.5. The number of aromatic nitrogens is 1. The summed E-state index contributed by atoms with van der Waals surface area (Å²) in [6, 6.07) is 4.24. The SMILES string of the molecule is Cc1ccsc1-c1c(C#N)c(N)nc2c1CN(C(=O)C(C)C)CC2. The highest BCUT2D eigenvalue weighted by atomic mass is 32.1. The minimum Gasteiger partial charge on any atom is -0.383 e. The Morgan fingerprint density at radius 3 is 2.83 bits per heavy atom. The van der Waals surface area contributed by atoms with Crippen LogP contribution in [0, 0.1) is 24.2 Å². The smallest absolute Gasteiger partial charge is 0.225 e. The van der Waals surface area contributed by atoms with Crippen LogP contribution in [0.15, 0.2) is 11.4 Å². The van der Waals surface area contributed by atoms with E-state index in [1.807, 2.05) is 37.1 Å². The number of thiophene rings is 1. The summed E-state index contributed by atoms with van der Waals surface area (Å²) < 4.78 is 0. The van der Waals surface area contributed by atoms with Crippen LogP contribution in [0.1, 0.15) is 36.2 Å². The summed E-state index contributed by atoms with van der Waals surface area (Å²) in [6.07, 6.45) is 0.668. The Balaban J connectivity index is 2.19. The van der Waals surface area contributed by atoms with Gasteiger partial charge in [-0.25, -0.2) is 4.98 Å². The third-order valence-corrected chi connectivity index (χ3v) is 5.42. The number of carbonyl (C=O) groups excluding carboxylic acids is 1. The van der Waals surface area contributed by atoms with Crippen LogP contribution in [-0.4, -0.2) is 22.3 Å². The van der Waals surface area contributed by atoms with Crippen LogP contribution in [0.3, 0.4) is 0 Å². The maximum atomic E-state index is 12.4. The fraction of sp³-hybridized carbons (Fsp3) is 0.389. The second-order valence-electron chi connectivity index (χ2n) is 6.38. The Bertz CT molecular complexity index is 847. The van der Waals surface area contributed by atoms with Crippen molar-refractivity contribution in [3.05, 3.63) is 33.8 Å². The first-order chi connectivity index (χ1) is 11.4. The van der Waals surface area contributed by atoms with Crippen molar-refractivity contribution in [3.63, 3.8) is 0 Å². The molecule has 0 aliphatic carbocycles. The first-order valence-electron chi connectivity index (χ1n) is 7.98. The van der Waals surface area contributed by atoms with Gasteiger partial charge in [-0.05, 0) is 23.9 Å². The molecule has 0 spiro atoms. The number of fused-ring (bicyclic) bond motifs is 1. The van der Waals surface area contributed by atoms with E-state index < -0.39 is 0 Å². The zero-order valence-electron chi connectivity index (χ0n) is 14.1. The summed E-state index contributed by atoms with van der Waals surface area (Å²) >= 11 is 1.59. The molecule has 3 heterocycles. The molecule has 6 heteroatoms. The van der Waals surface area contributed by atoms with Crippen LogP contribution in [0.2, 0.25) is 0 Å². The third kappa shape index (κ3) is 2.65. The summed E-state index contributed by atoms with van der Waals surface area (Å²) in [5.41, 5.74) is 10.3. The molecule has 0 bridgehead atoms. The van der Waals surface area contributed by atoms with Crippen molar-refractivity contribution in [2.45, 2.75) is 33.7 Å². The van der Waals surface area contributed by atoms with Gasteiger partial charge in [-0.3, -0.25) is 4.79 Å². The predicted octanol–water partition coefficient (Wildman–Crippen LogP) is 3.11. The van der Waals surface area contributed by atoms with Gasteiger partial charge in [0, 0.05) is 41.4 Å². The van der Waals surface area contributed by atoms with Gasteiger partial charge in [-0.15, -0.1) is 11.3 Å². The molecule has 0 saturated carbocycles. The summed E-state index contributed by atoms with van der Waals surface area (Å²) in [5, 5.41) is 11.6. The highest BCUT2D eigenvalue weighted by Gasteiger charge is 2.29. The molecule has 0 aromatic carbocycles. The fourth-order valence-corrected chi connectivity index (χ4v) is 4.13. The van der Waals surface area contributed by atoms with Gasteiger partial charge >= 0.3 is 0 Å². The van der Waals surface area contributed by atoms with E-state index in [-0.39, 0.29) is 17.6 Å². The summed E-state index contributed by atoms with van der Waals surface area (Å²) in [6.45, 7) is 6.97. The van der Waals surface area contributed by atoms with E-state index in [0.717, 1.165) is 27.3 Å². The molecule has 124 valence electrons. The number of carbonyl (C=O) groups is 1. The molecule has 2 aromatic rings. The standard InChI is InChI=1S/C18H20N4OS/c1-10(2)18(23)22-6-4-14-13(9-22)15(12(8-19)17(20)21-14)16-11(3)5-7-24-16/h5,7,10H,4,6,9H2,1-3H3,(H2,20,21). The first-order valence-corrected chi connectivity index (χ1v) is 8.86. The van der Waals surface area contributed by atoms with E-state index in [1.54, 1.807) is 11.3 Å². The molecule has 0 atom stereocenters. The average Bonchev–Trinajstić information content (AvgIpc) is 2.98. The van der Waals surface area contributed by atoms with Crippen LogP contribution in [0.25, 0.3) is 10.4 Å². The van der Waals surface area contributed by atoms with Gasteiger partial charge in [0.25, 0.3) is 0 Å². The average molecular weight is 340 g/mol. The molecule has 1 aliphatic heterocycles. The topological polar surface area (TPSA) is 83.0 Å². The highest BCUT2D eigenvalue weighted by molar-refractivity contribution is 7.13. The number of amides is 1. The number of pyridine rings is 1. The van der Waals surface area contributed by atoms with Crippen LogP contribution >= 0.6 is 11.3 Å². The lowest BCUT2D eigenvalue weighted by Gasteiger charge is -2.31. The monoisotopic (exact) mass is 340 g/mol. The maximum absolute atomic E-state index is 12.4. The molecule has 1 amide bonds. The minimum absolute atomic E-state index is 0.0457. The molecule has 24 heavy (non-hydrogen) atoms. The van der Waals surface area contributed by atoms with E-state index in [4.69, 9.17) is 5.73 Å². The molecule has 5 nitrogen and oxygen atoms in total. The molecule has 0 radical (unpaired) electrons. The summed E-state index contributed by atoms with van der Waals surface area (Å²) in [7, 11) is 0. The van der Waals surface area contributed by atoms with E-state index >= 15 is 0 Å². The zero-order chi connectivity index (χ0) is 17.4. The lowest BCUT2D eigenvalue weighted by atomic mass is 9.93. The molecular formula is C18H20N4OS. The number of rotatable bonds is 2. The van der Waals surface area contributed by atoms with Crippen LogP contribution in [0.5, 0.6) is 0 Å². The largest absolute Gasteiger partial charge is 0.383 e. The Morgan fingerprint density at radius 2 is 2.25 bits per heavy atom. The van der Waals surface area contributed by atoms with Gasteiger partial charge in [0.1, 0.15) is 17.5 Å². The van der Waals surface area contributed by atoms with Crippen molar-refractivity contribution in [3.8, 4) is 16.5 Å². The van der Waals surface area contributed by atoms with Crippen molar-refractivity contribution in [1.82, 2.24) is 9.88 Å². The Kier molecular flexibility index (Phi) is 4.29. The maximum Gasteiger partial charge on any atom is 0.225 e. The van der Waals surface area contributed by atoms with Gasteiger partial charge in [0.2, 0.25) is 5.91 Å². The van der Waals surface area contributed by atoms with Crippen LogP contribution < -0.4 is 5.73 Å². The predicted molar refractivity (Wildman–Crippen MR) is 95.4 cm³/mol. The van der Waals surface area contributed by atoms with Crippen molar-refractivity contribution < 1.29 is 4.79 Å². The number of nitrogens with zero attached hydrogens (tertiary/aromatic N) is 3. The second-order valence-corrected chi connectivity index (χ2v) is 7.30. The van der Waals surface area contributed by atoms with Gasteiger partial charge in [-0.1, -0.05) is 13.8 Å². The summed E-state index contributed by atoms with van der Waals surface area (Å²) in [5.74, 6) is 0.364. The lowest BCUT2D eigenvalue weighted by Crippen LogP contribution is -2.39. The number of anilines is 1. The number of hydrogen-bond donors (Lipinski definition) is 1. The van der Waals surface area contributed by atoms with E-state index in [0.29, 0.717) is 25.1 Å². The Morgan fingerprint density at radius 1 is 1.50 bits per heavy atom. The molecule has 0 saturated heterocycles. The van der Waals surface area contributed by atoms with Gasteiger partial charge in [-0.2, -0.15) is 5.26 Å². The van der Waals surface area contributed by atoms with Gasteiger partial charge < -0.3 is 10.6 Å². The van der Waals surface area contributed by atoms with Gasteiger partial charge in [0.15, 0.2) is 0 Å². The number of nitrogen functional groups attached to an aromatic ring is 1. The molecule has 2 aromatic heterocycles. The van der Waals surface area contributed by atoms with E-state index in [9.17, 15) is 10.1 Å². The van der Waals surface area contributed by atoms with Crippen molar-refractivity contribution in [2.75, 3.05) is 12.3 Å². The number of nitriles is 1. The van der Waals surface area contributed by atoms with Gasteiger partial charge in [0.05, 0.1) is 5.69 Å². The second kappa shape index (κ2) is 6.25. The molecule has 0 fully saturated rings. The molecule has 3 rings (SSSR count). The van der Waals surface area contributed by atoms with Crippen molar-refractivity contribution in [2.24, 2.45) is 5.92 Å². The molecule has 2 N–H and O–H groups in total. The fourth-order valence-electron chi connectivity index (χ4n) is 3.13. The zero-order valence-corrected chi connectivity index (χ0v) is 14.9. The number of hydrogen-bond acceptors (Lipinski definition) is 5. The summed E-state index contributed by atoms with van der Waals surface area (Å²) in [4.78, 5) is 19.8. The molecule has 0 unspecified atom stereocenters. The lowest BCUT2D eigenvalue weighted by molar-refractivity contribution is -0.135. The normalized spacial score (nSPS) is 13.7. The van der Waals surface area contributed by atoms with Crippen molar-refractivity contribution in [1.29, 1.82) is 5.26 Å². The number of nitrogens with two attached hydrogens (primary N) is 1. The van der Waals surface area contributed by atoms with E-state index in [1.165, 1.54) is 0 Å². The number of aryl methyl sites for hydroxylation is 1. The Hall–Kier alpha value is -2.39. The van der Waals surface area contributed by atoms with Crippen LogP contribution in [-0.2, 0) is 17.8 Å². The quantitative estimate of drug-likeness (QED) is 0.910. The molecular weight excluding hydrogens is 320 g/mol. The highest BCUT2D eigenvalue weighted by Crippen LogP contribution is 2.39. The molecule has 1 aliphatic rings.